The highest BCUT2D eigenvalue weighted by molar-refractivity contribution is 5.99. The molecule has 0 aliphatic heterocycles. The van der Waals surface area contributed by atoms with Gasteiger partial charge < -0.3 is 20.1 Å². The Labute approximate surface area is 133 Å². The van der Waals surface area contributed by atoms with Crippen molar-refractivity contribution < 1.29 is 19.1 Å². The number of methoxy groups -OCH3 is 2. The molecule has 0 saturated heterocycles. The third kappa shape index (κ3) is 4.22. The van der Waals surface area contributed by atoms with Crippen molar-refractivity contribution in [2.24, 2.45) is 0 Å². The van der Waals surface area contributed by atoms with E-state index in [0.717, 1.165) is 5.69 Å². The van der Waals surface area contributed by atoms with Crippen molar-refractivity contribution in [3.63, 3.8) is 0 Å². The van der Waals surface area contributed by atoms with Crippen molar-refractivity contribution in [1.29, 1.82) is 0 Å². The summed E-state index contributed by atoms with van der Waals surface area (Å²) in [6.07, 6.45) is 0. The van der Waals surface area contributed by atoms with Gasteiger partial charge in [-0.25, -0.2) is 0 Å². The lowest BCUT2D eigenvalue weighted by atomic mass is 10.2. The maximum Gasteiger partial charge on any atom is 0.251 e. The number of hydrogen-bond acceptors (Lipinski definition) is 5. The Bertz CT molecular complexity index is 711. The monoisotopic (exact) mass is 318 g/mol. The van der Waals surface area contributed by atoms with Crippen molar-refractivity contribution in [3.8, 4) is 11.5 Å². The Morgan fingerprint density at radius 3 is 2.52 bits per heavy atom. The van der Waals surface area contributed by atoms with Crippen molar-refractivity contribution in [3.05, 3.63) is 35.5 Å². The number of nitrogens with zero attached hydrogens (tertiary/aromatic N) is 1. The molecule has 0 atom stereocenters. The van der Waals surface area contributed by atoms with Crippen LogP contribution in [0.5, 0.6) is 11.5 Å². The van der Waals surface area contributed by atoms with Crippen LogP contribution in [-0.4, -0.2) is 42.8 Å². The lowest BCUT2D eigenvalue weighted by Gasteiger charge is -2.10. The number of carbonyl (C=O) groups excluding carboxylic acids is 2. The summed E-state index contributed by atoms with van der Waals surface area (Å²) in [5.41, 5.74) is 1.20. The van der Waals surface area contributed by atoms with Crippen LogP contribution in [0.1, 0.15) is 16.1 Å². The van der Waals surface area contributed by atoms with Gasteiger partial charge in [-0.1, -0.05) is 0 Å². The molecule has 0 spiro atoms. The van der Waals surface area contributed by atoms with Gasteiger partial charge in [0.15, 0.2) is 17.3 Å². The van der Waals surface area contributed by atoms with Crippen molar-refractivity contribution >= 4 is 17.6 Å². The molecule has 0 aliphatic rings. The van der Waals surface area contributed by atoms with Gasteiger partial charge in [0.1, 0.15) is 0 Å². The topological polar surface area (TPSA) is 105 Å². The number of benzene rings is 1. The number of aromatic amines is 1. The van der Waals surface area contributed by atoms with Gasteiger partial charge in [0.05, 0.1) is 20.8 Å². The Kier molecular flexibility index (Phi) is 5.19. The first-order valence-corrected chi connectivity index (χ1v) is 6.85. The number of nitrogens with one attached hydrogen (secondary N) is 3. The predicted octanol–water partition coefficient (Wildman–Crippen LogP) is 1.10. The molecule has 0 saturated carbocycles. The average molecular weight is 318 g/mol. The molecule has 0 aliphatic carbocycles. The molecule has 1 aromatic carbocycles. The number of rotatable bonds is 6. The van der Waals surface area contributed by atoms with Crippen LogP contribution in [0.2, 0.25) is 0 Å². The lowest BCUT2D eigenvalue weighted by molar-refractivity contribution is -0.115. The second kappa shape index (κ2) is 7.30. The van der Waals surface area contributed by atoms with E-state index >= 15 is 0 Å². The Balaban J connectivity index is 1.92. The molecule has 2 rings (SSSR count). The Morgan fingerprint density at radius 1 is 1.17 bits per heavy atom. The number of H-pyrrole nitrogens is 1. The van der Waals surface area contributed by atoms with Crippen molar-refractivity contribution in [2.45, 2.75) is 6.92 Å². The minimum Gasteiger partial charge on any atom is -0.493 e. The molecule has 0 fully saturated rings. The summed E-state index contributed by atoms with van der Waals surface area (Å²) in [4.78, 5) is 23.8. The van der Waals surface area contributed by atoms with Crippen LogP contribution in [0.25, 0.3) is 0 Å². The summed E-state index contributed by atoms with van der Waals surface area (Å²) >= 11 is 0. The van der Waals surface area contributed by atoms with Crippen LogP contribution in [0.15, 0.2) is 24.3 Å². The second-order valence-corrected chi connectivity index (χ2v) is 4.74. The van der Waals surface area contributed by atoms with E-state index in [9.17, 15) is 9.59 Å². The fourth-order valence-corrected chi connectivity index (χ4v) is 1.91. The molecule has 8 heteroatoms. The summed E-state index contributed by atoms with van der Waals surface area (Å²) in [6, 6.07) is 6.45. The highest BCUT2D eigenvalue weighted by atomic mass is 16.5. The standard InChI is InChI=1S/C15H18N4O4/c1-9-6-13(19-18-9)17-14(20)8-16-15(21)10-4-5-11(22-2)12(7-10)23-3/h4-7H,8H2,1-3H3,(H,16,21)(H2,17,18,19,20). The van der Waals surface area contributed by atoms with E-state index in [1.54, 1.807) is 24.3 Å². The Morgan fingerprint density at radius 2 is 1.91 bits per heavy atom. The van der Waals surface area contributed by atoms with Crippen molar-refractivity contribution in [1.82, 2.24) is 15.5 Å². The third-order valence-corrected chi connectivity index (χ3v) is 3.03. The van der Waals surface area contributed by atoms with E-state index in [1.165, 1.54) is 14.2 Å². The fraction of sp³-hybridized carbons (Fsp3) is 0.267. The minimum atomic E-state index is -0.390. The van der Waals surface area contributed by atoms with Gasteiger partial charge in [-0.2, -0.15) is 5.10 Å². The molecular weight excluding hydrogens is 300 g/mol. The first-order chi connectivity index (χ1) is 11.0. The number of amides is 2. The zero-order valence-electron chi connectivity index (χ0n) is 13.1. The fourth-order valence-electron chi connectivity index (χ4n) is 1.91. The van der Waals surface area contributed by atoms with Crippen LogP contribution in [0.4, 0.5) is 5.82 Å². The van der Waals surface area contributed by atoms with Crippen LogP contribution in [0, 0.1) is 6.92 Å². The van der Waals surface area contributed by atoms with Crippen LogP contribution in [0.3, 0.4) is 0 Å². The normalized spacial score (nSPS) is 10.0. The lowest BCUT2D eigenvalue weighted by Crippen LogP contribution is -2.32. The summed E-state index contributed by atoms with van der Waals surface area (Å²) in [6.45, 7) is 1.65. The number of ether oxygens (including phenoxy) is 2. The highest BCUT2D eigenvalue weighted by Gasteiger charge is 2.12. The number of hydrogen-bond donors (Lipinski definition) is 3. The van der Waals surface area contributed by atoms with E-state index in [-0.39, 0.29) is 18.4 Å². The largest absolute Gasteiger partial charge is 0.493 e. The maximum atomic E-state index is 12.1. The quantitative estimate of drug-likeness (QED) is 0.740. The maximum absolute atomic E-state index is 12.1. The molecule has 0 bridgehead atoms. The van der Waals surface area contributed by atoms with E-state index < -0.39 is 0 Å². The molecule has 2 amide bonds. The molecule has 0 radical (unpaired) electrons. The SMILES string of the molecule is COc1ccc(C(=O)NCC(=O)Nc2cc(C)[nH]n2)cc1OC. The minimum absolute atomic E-state index is 0.168. The van der Waals surface area contributed by atoms with Crippen LogP contribution in [-0.2, 0) is 4.79 Å². The zero-order chi connectivity index (χ0) is 16.8. The highest BCUT2D eigenvalue weighted by Crippen LogP contribution is 2.27. The van der Waals surface area contributed by atoms with E-state index in [2.05, 4.69) is 20.8 Å². The zero-order valence-corrected chi connectivity index (χ0v) is 13.1. The van der Waals surface area contributed by atoms with Gasteiger partial charge in [0, 0.05) is 17.3 Å². The van der Waals surface area contributed by atoms with E-state index in [4.69, 9.17) is 9.47 Å². The van der Waals surface area contributed by atoms with Gasteiger partial charge in [-0.3, -0.25) is 14.7 Å². The summed E-state index contributed by atoms with van der Waals surface area (Å²) in [7, 11) is 3.00. The van der Waals surface area contributed by atoms with E-state index in [0.29, 0.717) is 22.9 Å². The molecule has 1 aromatic heterocycles. The van der Waals surface area contributed by atoms with Gasteiger partial charge in [0.2, 0.25) is 5.91 Å². The number of aromatic nitrogens is 2. The first kappa shape index (κ1) is 16.3. The average Bonchev–Trinajstić information content (AvgIpc) is 2.96. The summed E-state index contributed by atoms with van der Waals surface area (Å²) in [5.74, 6) is 0.616. The third-order valence-electron chi connectivity index (χ3n) is 3.03. The van der Waals surface area contributed by atoms with Gasteiger partial charge in [-0.05, 0) is 25.1 Å². The molecule has 1 heterocycles. The smallest absolute Gasteiger partial charge is 0.251 e. The summed E-state index contributed by atoms with van der Waals surface area (Å²) < 4.78 is 10.2. The molecule has 2 aromatic rings. The van der Waals surface area contributed by atoms with Crippen LogP contribution >= 0.6 is 0 Å². The molecule has 122 valence electrons. The molecule has 3 N–H and O–H groups in total. The Hall–Kier alpha value is -3.03. The molecule has 23 heavy (non-hydrogen) atoms. The van der Waals surface area contributed by atoms with E-state index in [1.807, 2.05) is 6.92 Å². The number of aryl methyl sites for hydroxylation is 1. The number of anilines is 1. The molecule has 0 unspecified atom stereocenters. The van der Waals surface area contributed by atoms with Gasteiger partial charge in [0.25, 0.3) is 5.91 Å². The van der Waals surface area contributed by atoms with Crippen molar-refractivity contribution in [2.75, 3.05) is 26.1 Å². The van der Waals surface area contributed by atoms with Gasteiger partial charge in [-0.15, -0.1) is 0 Å². The van der Waals surface area contributed by atoms with Crippen LogP contribution < -0.4 is 20.1 Å². The number of carbonyl (C=O) groups is 2. The van der Waals surface area contributed by atoms with Gasteiger partial charge >= 0.3 is 0 Å². The second-order valence-electron chi connectivity index (χ2n) is 4.74. The molecular formula is C15H18N4O4. The summed E-state index contributed by atoms with van der Waals surface area (Å²) in [5, 5.41) is 11.7. The first-order valence-electron chi connectivity index (χ1n) is 6.85. The predicted molar refractivity (Wildman–Crippen MR) is 83.8 cm³/mol. The molecule has 8 nitrogen and oxygen atoms in total.